The number of hydrogen-bond donors (Lipinski definition) is 1. The third-order valence-electron chi connectivity index (χ3n) is 3.11. The third kappa shape index (κ3) is 3.93. The van der Waals surface area contributed by atoms with Gasteiger partial charge in [0.15, 0.2) is 0 Å². The molecular formula is C14H19N3O4. The second-order valence-corrected chi connectivity index (χ2v) is 4.65. The Morgan fingerprint density at radius 1 is 1.43 bits per heavy atom. The van der Waals surface area contributed by atoms with Crippen molar-refractivity contribution in [2.24, 2.45) is 0 Å². The smallest absolute Gasteiger partial charge is 0.269 e. The van der Waals surface area contributed by atoms with Gasteiger partial charge >= 0.3 is 0 Å². The van der Waals surface area contributed by atoms with Crippen LogP contribution in [-0.2, 0) is 17.9 Å². The lowest BCUT2D eigenvalue weighted by atomic mass is 10.4. The number of methoxy groups -OCH3 is 1. The van der Waals surface area contributed by atoms with Crippen LogP contribution in [0, 0.1) is 0 Å². The van der Waals surface area contributed by atoms with Crippen molar-refractivity contribution >= 4 is 5.69 Å². The highest BCUT2D eigenvalue weighted by molar-refractivity contribution is 5.41. The standard InChI is InChI=1S/C14H19N3O4/c1-16(5-6-20-2)11-7-14(19)17(15-8-11)9-12-3-4-13(10-18)21-12/h3-4,7-8,18H,5-6,9-10H2,1-2H3. The second kappa shape index (κ2) is 7.05. The number of hydrogen-bond acceptors (Lipinski definition) is 6. The minimum atomic E-state index is -0.210. The zero-order valence-electron chi connectivity index (χ0n) is 12.2. The monoisotopic (exact) mass is 293 g/mol. The fraction of sp³-hybridized carbons (Fsp3) is 0.429. The van der Waals surface area contributed by atoms with Crippen molar-refractivity contribution in [2.45, 2.75) is 13.2 Å². The lowest BCUT2D eigenvalue weighted by molar-refractivity contribution is 0.206. The first-order valence-electron chi connectivity index (χ1n) is 6.59. The van der Waals surface area contributed by atoms with Crippen LogP contribution in [-0.4, -0.2) is 42.2 Å². The maximum absolute atomic E-state index is 12.1. The van der Waals surface area contributed by atoms with Gasteiger partial charge in [-0.05, 0) is 12.1 Å². The van der Waals surface area contributed by atoms with Gasteiger partial charge in [0, 0.05) is 26.8 Å². The molecule has 21 heavy (non-hydrogen) atoms. The Labute approximate surface area is 122 Å². The zero-order valence-corrected chi connectivity index (χ0v) is 12.2. The fourth-order valence-electron chi connectivity index (χ4n) is 1.85. The molecule has 7 nitrogen and oxygen atoms in total. The first-order chi connectivity index (χ1) is 10.1. The molecule has 114 valence electrons. The van der Waals surface area contributed by atoms with Gasteiger partial charge in [0.2, 0.25) is 0 Å². The SMILES string of the molecule is COCCN(C)c1cnn(Cc2ccc(CO)o2)c(=O)c1. The first-order valence-corrected chi connectivity index (χ1v) is 6.59. The number of anilines is 1. The van der Waals surface area contributed by atoms with E-state index >= 15 is 0 Å². The van der Waals surface area contributed by atoms with Gasteiger partial charge in [0.25, 0.3) is 5.56 Å². The lowest BCUT2D eigenvalue weighted by Crippen LogP contribution is -2.27. The summed E-state index contributed by atoms with van der Waals surface area (Å²) in [6, 6.07) is 4.92. The van der Waals surface area contributed by atoms with Crippen molar-refractivity contribution in [3.05, 3.63) is 46.3 Å². The van der Waals surface area contributed by atoms with Crippen LogP contribution in [0.5, 0.6) is 0 Å². The predicted molar refractivity (Wildman–Crippen MR) is 77.4 cm³/mol. The number of furan rings is 1. The largest absolute Gasteiger partial charge is 0.462 e. The van der Waals surface area contributed by atoms with E-state index < -0.39 is 0 Å². The minimum Gasteiger partial charge on any atom is -0.462 e. The van der Waals surface area contributed by atoms with Gasteiger partial charge in [0.05, 0.1) is 18.5 Å². The summed E-state index contributed by atoms with van der Waals surface area (Å²) in [6.45, 7) is 1.34. The number of aliphatic hydroxyl groups excluding tert-OH is 1. The zero-order chi connectivity index (χ0) is 15.2. The quantitative estimate of drug-likeness (QED) is 0.799. The summed E-state index contributed by atoms with van der Waals surface area (Å²) < 4.78 is 11.7. The summed E-state index contributed by atoms with van der Waals surface area (Å²) in [5.41, 5.74) is 0.530. The van der Waals surface area contributed by atoms with E-state index in [-0.39, 0.29) is 18.7 Å². The Bertz CT molecular complexity index is 635. The number of likely N-dealkylation sites (N-methyl/N-ethyl adjacent to an activating group) is 1. The van der Waals surface area contributed by atoms with Crippen molar-refractivity contribution in [2.75, 3.05) is 32.2 Å². The molecule has 2 aromatic heterocycles. The summed E-state index contributed by atoms with van der Waals surface area (Å²) in [6.07, 6.45) is 1.63. The highest BCUT2D eigenvalue weighted by Gasteiger charge is 2.07. The number of ether oxygens (including phenoxy) is 1. The molecule has 0 bridgehead atoms. The summed E-state index contributed by atoms with van der Waals surface area (Å²) in [5, 5.41) is 13.1. The van der Waals surface area contributed by atoms with Crippen molar-refractivity contribution in [3.63, 3.8) is 0 Å². The Hall–Kier alpha value is -2.12. The molecule has 0 atom stereocenters. The summed E-state index contributed by atoms with van der Waals surface area (Å²) in [5.74, 6) is 1.04. The van der Waals surface area contributed by atoms with E-state index in [1.54, 1.807) is 25.4 Å². The Morgan fingerprint density at radius 2 is 2.19 bits per heavy atom. The molecular weight excluding hydrogens is 274 g/mol. The van der Waals surface area contributed by atoms with Crippen molar-refractivity contribution in [3.8, 4) is 0 Å². The summed E-state index contributed by atoms with van der Waals surface area (Å²) >= 11 is 0. The molecule has 0 fully saturated rings. The molecule has 0 radical (unpaired) electrons. The maximum atomic E-state index is 12.1. The molecule has 0 aliphatic rings. The fourth-order valence-corrected chi connectivity index (χ4v) is 1.85. The van der Waals surface area contributed by atoms with E-state index in [0.29, 0.717) is 24.7 Å². The third-order valence-corrected chi connectivity index (χ3v) is 3.11. The molecule has 2 rings (SSSR count). The average Bonchev–Trinajstić information content (AvgIpc) is 2.94. The normalized spacial score (nSPS) is 10.8. The molecule has 2 heterocycles. The van der Waals surface area contributed by atoms with Gasteiger partial charge in [0.1, 0.15) is 24.7 Å². The van der Waals surface area contributed by atoms with Gasteiger partial charge < -0.3 is 19.2 Å². The van der Waals surface area contributed by atoms with Gasteiger partial charge in [-0.15, -0.1) is 0 Å². The van der Waals surface area contributed by atoms with Crippen molar-refractivity contribution < 1.29 is 14.3 Å². The Morgan fingerprint density at radius 3 is 2.81 bits per heavy atom. The number of aromatic nitrogens is 2. The molecule has 0 saturated carbocycles. The average molecular weight is 293 g/mol. The van der Waals surface area contributed by atoms with Gasteiger partial charge in [-0.25, -0.2) is 4.68 Å². The number of nitrogens with zero attached hydrogens (tertiary/aromatic N) is 3. The van der Waals surface area contributed by atoms with Gasteiger partial charge in [-0.2, -0.15) is 5.10 Å². The van der Waals surface area contributed by atoms with E-state index in [0.717, 1.165) is 5.69 Å². The summed E-state index contributed by atoms with van der Waals surface area (Å²) in [4.78, 5) is 14.0. The highest BCUT2D eigenvalue weighted by Crippen LogP contribution is 2.10. The van der Waals surface area contributed by atoms with E-state index in [9.17, 15) is 4.79 Å². The van der Waals surface area contributed by atoms with Crippen LogP contribution in [0.25, 0.3) is 0 Å². The lowest BCUT2D eigenvalue weighted by Gasteiger charge is -2.18. The van der Waals surface area contributed by atoms with Crippen LogP contribution in [0.2, 0.25) is 0 Å². The first kappa shape index (κ1) is 15.3. The molecule has 7 heteroatoms. The maximum Gasteiger partial charge on any atom is 0.269 e. The van der Waals surface area contributed by atoms with Crippen LogP contribution in [0.3, 0.4) is 0 Å². The number of aliphatic hydroxyl groups is 1. The van der Waals surface area contributed by atoms with E-state index in [2.05, 4.69) is 5.10 Å². The van der Waals surface area contributed by atoms with E-state index in [1.165, 1.54) is 10.7 Å². The molecule has 0 aliphatic heterocycles. The Balaban J connectivity index is 2.10. The highest BCUT2D eigenvalue weighted by atomic mass is 16.5. The predicted octanol–water partition coefficient (Wildman–Crippen LogP) is 0.460. The molecule has 2 aromatic rings. The second-order valence-electron chi connectivity index (χ2n) is 4.65. The topological polar surface area (TPSA) is 80.7 Å². The molecule has 0 spiro atoms. The van der Waals surface area contributed by atoms with Crippen LogP contribution in [0.1, 0.15) is 11.5 Å². The van der Waals surface area contributed by atoms with Crippen LogP contribution < -0.4 is 10.5 Å². The summed E-state index contributed by atoms with van der Waals surface area (Å²) in [7, 11) is 3.51. The van der Waals surface area contributed by atoms with E-state index in [4.69, 9.17) is 14.3 Å². The molecule has 0 saturated heterocycles. The number of rotatable bonds is 7. The van der Waals surface area contributed by atoms with Crippen molar-refractivity contribution in [1.29, 1.82) is 0 Å². The van der Waals surface area contributed by atoms with Gasteiger partial charge in [-0.1, -0.05) is 0 Å². The van der Waals surface area contributed by atoms with Crippen LogP contribution in [0.4, 0.5) is 5.69 Å². The van der Waals surface area contributed by atoms with Crippen molar-refractivity contribution in [1.82, 2.24) is 9.78 Å². The molecule has 0 aromatic carbocycles. The van der Waals surface area contributed by atoms with Crippen LogP contribution >= 0.6 is 0 Å². The van der Waals surface area contributed by atoms with E-state index in [1.807, 2.05) is 11.9 Å². The minimum absolute atomic E-state index is 0.161. The molecule has 0 aliphatic carbocycles. The molecule has 1 N–H and O–H groups in total. The van der Waals surface area contributed by atoms with Gasteiger partial charge in [-0.3, -0.25) is 4.79 Å². The molecule has 0 unspecified atom stereocenters. The molecule has 0 amide bonds. The van der Waals surface area contributed by atoms with Crippen LogP contribution in [0.15, 0.2) is 33.6 Å². The Kier molecular flexibility index (Phi) is 5.13.